The number of halogens is 2. The van der Waals surface area contributed by atoms with E-state index in [9.17, 15) is 24.0 Å². The van der Waals surface area contributed by atoms with Gasteiger partial charge in [-0.05, 0) is 62.6 Å². The number of nitrogens with zero attached hydrogens (tertiary/aromatic N) is 1. The minimum absolute atomic E-state index is 0.0836. The number of carbonyl (C=O) groups is 3. The van der Waals surface area contributed by atoms with Crippen LogP contribution in [-0.2, 0) is 19.1 Å². The Labute approximate surface area is 209 Å². The van der Waals surface area contributed by atoms with Gasteiger partial charge in [-0.3, -0.25) is 14.4 Å². The quantitative estimate of drug-likeness (QED) is 0.326. The molecule has 0 N–H and O–H groups in total. The highest BCUT2D eigenvalue weighted by Crippen LogP contribution is 2.38. The van der Waals surface area contributed by atoms with E-state index in [4.69, 9.17) is 16.3 Å². The van der Waals surface area contributed by atoms with Crippen molar-refractivity contribution in [2.24, 2.45) is 5.41 Å². The average molecular weight is 496 g/mol. The second-order valence-electron chi connectivity index (χ2n) is 9.66. The molecule has 2 aromatic carbocycles. The van der Waals surface area contributed by atoms with E-state index in [2.05, 4.69) is 6.07 Å². The molecule has 35 heavy (non-hydrogen) atoms. The molecule has 3 rings (SSSR count). The van der Waals surface area contributed by atoms with E-state index in [-0.39, 0.29) is 30.0 Å². The Morgan fingerprint density at radius 1 is 1.11 bits per heavy atom. The van der Waals surface area contributed by atoms with Gasteiger partial charge in [0.25, 0.3) is 0 Å². The number of hydrogen-bond acceptors (Lipinski definition) is 5. The lowest BCUT2D eigenvalue weighted by molar-refractivity contribution is -0.149. The van der Waals surface area contributed by atoms with Crippen LogP contribution in [-0.4, -0.2) is 17.5 Å². The van der Waals surface area contributed by atoms with Crippen molar-refractivity contribution in [1.29, 1.82) is 5.26 Å². The summed E-state index contributed by atoms with van der Waals surface area (Å²) in [5, 5.41) is 10.5. The van der Waals surface area contributed by atoms with E-state index in [0.29, 0.717) is 29.0 Å². The molecule has 2 aromatic rings. The highest BCUT2D eigenvalue weighted by molar-refractivity contribution is 6.30. The first-order valence-corrected chi connectivity index (χ1v) is 11.8. The van der Waals surface area contributed by atoms with Gasteiger partial charge in [-0.15, -0.1) is 0 Å². The number of carbonyl (C=O) groups excluding carboxylic acids is 3. The summed E-state index contributed by atoms with van der Waals surface area (Å²) in [5.74, 6) is -3.39. The van der Waals surface area contributed by atoms with Crippen molar-refractivity contribution >= 4 is 29.1 Å². The van der Waals surface area contributed by atoms with Crippen LogP contribution in [0.4, 0.5) is 4.39 Å². The van der Waals surface area contributed by atoms with Crippen LogP contribution >= 0.6 is 11.6 Å². The van der Waals surface area contributed by atoms with Crippen LogP contribution in [0.3, 0.4) is 0 Å². The summed E-state index contributed by atoms with van der Waals surface area (Å²) in [6, 6.07) is 14.6. The molecule has 0 amide bonds. The van der Waals surface area contributed by atoms with Crippen LogP contribution in [0.5, 0.6) is 0 Å². The summed E-state index contributed by atoms with van der Waals surface area (Å²) in [7, 11) is 0. The third-order valence-electron chi connectivity index (χ3n) is 5.93. The molecule has 2 atom stereocenters. The molecular formula is C28H27ClFNO4. The fourth-order valence-corrected chi connectivity index (χ4v) is 4.16. The number of hydrogen-bond donors (Lipinski definition) is 0. The average Bonchev–Trinajstić information content (AvgIpc) is 2.79. The maximum atomic E-state index is 14.0. The monoisotopic (exact) mass is 495 g/mol. The van der Waals surface area contributed by atoms with E-state index in [1.165, 1.54) is 18.2 Å². The topological polar surface area (TPSA) is 84.2 Å². The number of esters is 1. The van der Waals surface area contributed by atoms with Gasteiger partial charge in [0, 0.05) is 30.2 Å². The summed E-state index contributed by atoms with van der Waals surface area (Å²) in [6.07, 6.45) is 0.752. The lowest BCUT2D eigenvalue weighted by Crippen LogP contribution is -2.28. The van der Waals surface area contributed by atoms with Crippen LogP contribution < -0.4 is 0 Å². The number of ketones is 2. The molecule has 7 heteroatoms. The van der Waals surface area contributed by atoms with Gasteiger partial charge < -0.3 is 4.74 Å². The zero-order valence-electron chi connectivity index (χ0n) is 19.9. The van der Waals surface area contributed by atoms with Gasteiger partial charge in [0.2, 0.25) is 0 Å². The second kappa shape index (κ2) is 11.0. The molecule has 0 saturated carbocycles. The van der Waals surface area contributed by atoms with Crippen molar-refractivity contribution in [3.63, 3.8) is 0 Å². The first-order chi connectivity index (χ1) is 16.5. The standard InChI is InChI=1S/C28H27ClFNO4/c1-28(2,3)27(34)35-25-9-5-8-23(32)26(25)24(33)15-21(17-10-12-19(29)13-11-17)22(16-31)18-6-4-7-20(30)14-18/h4,6-7,10-14,21-22H,5,8-9,15H2,1-3H3. The maximum absolute atomic E-state index is 14.0. The van der Waals surface area contributed by atoms with Crippen molar-refractivity contribution in [3.8, 4) is 6.07 Å². The summed E-state index contributed by atoms with van der Waals surface area (Å²) in [6.45, 7) is 5.07. The van der Waals surface area contributed by atoms with Crippen LogP contribution in [0.2, 0.25) is 5.02 Å². The highest BCUT2D eigenvalue weighted by Gasteiger charge is 2.35. The first kappa shape index (κ1) is 26.3. The van der Waals surface area contributed by atoms with E-state index in [1.807, 2.05) is 0 Å². The Morgan fingerprint density at radius 2 is 1.80 bits per heavy atom. The lowest BCUT2D eigenvalue weighted by atomic mass is 9.77. The van der Waals surface area contributed by atoms with E-state index >= 15 is 0 Å². The van der Waals surface area contributed by atoms with Crippen LogP contribution in [0.15, 0.2) is 59.9 Å². The molecule has 0 aliphatic heterocycles. The number of Topliss-reactive ketones (excluding diaryl/α,β-unsaturated/α-hetero) is 2. The molecule has 0 spiro atoms. The Morgan fingerprint density at radius 3 is 2.40 bits per heavy atom. The Balaban J connectivity index is 2.03. The Hall–Kier alpha value is -3.30. The molecule has 182 valence electrons. The van der Waals surface area contributed by atoms with Gasteiger partial charge >= 0.3 is 5.97 Å². The second-order valence-corrected chi connectivity index (χ2v) is 10.1. The number of allylic oxidation sites excluding steroid dienone is 2. The molecule has 0 heterocycles. The maximum Gasteiger partial charge on any atom is 0.316 e. The molecule has 0 fully saturated rings. The van der Waals surface area contributed by atoms with Crippen LogP contribution in [0.1, 0.15) is 69.4 Å². The zero-order valence-corrected chi connectivity index (χ0v) is 20.7. The molecule has 1 aliphatic carbocycles. The summed E-state index contributed by atoms with van der Waals surface area (Å²) in [4.78, 5) is 38.8. The third kappa shape index (κ3) is 6.43. The minimum Gasteiger partial charge on any atom is -0.430 e. The largest absolute Gasteiger partial charge is 0.430 e. The molecule has 2 unspecified atom stereocenters. The molecular weight excluding hydrogens is 469 g/mol. The van der Waals surface area contributed by atoms with E-state index < -0.39 is 34.8 Å². The summed E-state index contributed by atoms with van der Waals surface area (Å²) < 4.78 is 19.5. The zero-order chi connectivity index (χ0) is 25.8. The number of rotatable bonds is 7. The van der Waals surface area contributed by atoms with E-state index in [1.54, 1.807) is 51.1 Å². The molecule has 0 bridgehead atoms. The molecule has 0 aromatic heterocycles. The fourth-order valence-electron chi connectivity index (χ4n) is 4.03. The lowest BCUT2D eigenvalue weighted by Gasteiger charge is -2.25. The number of benzene rings is 2. The van der Waals surface area contributed by atoms with Gasteiger partial charge in [-0.25, -0.2) is 4.39 Å². The minimum atomic E-state index is -0.865. The number of ether oxygens (including phenoxy) is 1. The van der Waals surface area contributed by atoms with Crippen LogP contribution in [0.25, 0.3) is 0 Å². The Kier molecular flexibility index (Phi) is 8.24. The first-order valence-electron chi connectivity index (χ1n) is 11.4. The molecule has 5 nitrogen and oxygen atoms in total. The third-order valence-corrected chi connectivity index (χ3v) is 6.18. The van der Waals surface area contributed by atoms with Gasteiger partial charge in [-0.1, -0.05) is 35.9 Å². The van der Waals surface area contributed by atoms with Crippen molar-refractivity contribution in [2.75, 3.05) is 0 Å². The molecule has 1 aliphatic rings. The molecule has 0 saturated heterocycles. The highest BCUT2D eigenvalue weighted by atomic mass is 35.5. The SMILES string of the molecule is CC(C)(C)C(=O)OC1=C(C(=O)CC(c2ccc(Cl)cc2)C(C#N)c2cccc(F)c2)C(=O)CCC1. The smallest absolute Gasteiger partial charge is 0.316 e. The van der Waals surface area contributed by atoms with Crippen molar-refractivity contribution in [1.82, 2.24) is 0 Å². The van der Waals surface area contributed by atoms with Crippen LogP contribution in [0, 0.1) is 22.6 Å². The predicted octanol–water partition coefficient (Wildman–Crippen LogP) is 6.43. The van der Waals surface area contributed by atoms with Gasteiger partial charge in [0.1, 0.15) is 11.6 Å². The van der Waals surface area contributed by atoms with Gasteiger partial charge in [-0.2, -0.15) is 5.26 Å². The summed E-state index contributed by atoms with van der Waals surface area (Å²) in [5.41, 5.74) is 0.138. The normalized spacial score (nSPS) is 15.8. The van der Waals surface area contributed by atoms with Gasteiger partial charge in [0.15, 0.2) is 11.6 Å². The van der Waals surface area contributed by atoms with Crippen molar-refractivity contribution in [2.45, 2.75) is 58.3 Å². The number of nitriles is 1. The predicted molar refractivity (Wildman–Crippen MR) is 130 cm³/mol. The van der Waals surface area contributed by atoms with E-state index in [0.717, 1.165) is 0 Å². The fraction of sp³-hybridized carbons (Fsp3) is 0.357. The molecule has 0 radical (unpaired) electrons. The van der Waals surface area contributed by atoms with Crippen molar-refractivity contribution in [3.05, 3.63) is 81.8 Å². The Bertz CT molecular complexity index is 1200. The van der Waals surface area contributed by atoms with Crippen molar-refractivity contribution < 1.29 is 23.5 Å². The van der Waals surface area contributed by atoms with Gasteiger partial charge in [0.05, 0.1) is 23.0 Å². The summed E-state index contributed by atoms with van der Waals surface area (Å²) >= 11 is 6.04.